The van der Waals surface area contributed by atoms with Crippen molar-refractivity contribution in [3.8, 4) is 12.3 Å². The average molecular weight is 227 g/mol. The largest absolute Gasteiger partial charge is 0.313 e. The molecular formula is C16H21N. The molecule has 0 bridgehead atoms. The van der Waals surface area contributed by atoms with Crippen LogP contribution in [-0.2, 0) is 6.42 Å². The van der Waals surface area contributed by atoms with Crippen LogP contribution in [0.4, 0.5) is 0 Å². The Bertz CT molecular complexity index is 402. The summed E-state index contributed by atoms with van der Waals surface area (Å²) < 4.78 is 0. The van der Waals surface area contributed by atoms with Gasteiger partial charge in [0.05, 0.1) is 0 Å². The van der Waals surface area contributed by atoms with Crippen LogP contribution in [0, 0.1) is 12.3 Å². The fourth-order valence-corrected chi connectivity index (χ4v) is 2.66. The number of terminal acetylenes is 1. The summed E-state index contributed by atoms with van der Waals surface area (Å²) in [4.78, 5) is 0. The third-order valence-electron chi connectivity index (χ3n) is 3.63. The Labute approximate surface area is 105 Å². The van der Waals surface area contributed by atoms with Crippen molar-refractivity contribution in [2.75, 3.05) is 6.54 Å². The number of rotatable bonds is 4. The van der Waals surface area contributed by atoms with Crippen LogP contribution < -0.4 is 5.32 Å². The van der Waals surface area contributed by atoms with Crippen molar-refractivity contribution in [3.05, 3.63) is 35.4 Å². The van der Waals surface area contributed by atoms with Gasteiger partial charge in [0, 0.05) is 19.0 Å². The highest BCUT2D eigenvalue weighted by Gasteiger charge is 2.19. The molecule has 0 fully saturated rings. The topological polar surface area (TPSA) is 12.0 Å². The molecule has 1 nitrogen and oxygen atoms in total. The summed E-state index contributed by atoms with van der Waals surface area (Å²) in [5, 5.41) is 3.55. The lowest BCUT2D eigenvalue weighted by Gasteiger charge is -2.26. The molecule has 0 saturated carbocycles. The van der Waals surface area contributed by atoms with Crippen molar-refractivity contribution in [2.24, 2.45) is 0 Å². The zero-order valence-electron chi connectivity index (χ0n) is 10.6. The Morgan fingerprint density at radius 3 is 3.12 bits per heavy atom. The maximum Gasteiger partial charge on any atom is 0.0238 e. The zero-order valence-corrected chi connectivity index (χ0v) is 10.6. The summed E-state index contributed by atoms with van der Waals surface area (Å²) in [6.45, 7) is 3.22. The van der Waals surface area contributed by atoms with Crippen molar-refractivity contribution >= 4 is 0 Å². The lowest BCUT2D eigenvalue weighted by Crippen LogP contribution is -2.31. The van der Waals surface area contributed by atoms with Crippen LogP contribution in [-0.4, -0.2) is 12.6 Å². The molecule has 1 aromatic rings. The minimum absolute atomic E-state index is 0.425. The molecule has 1 heteroatoms. The molecule has 0 amide bonds. The Morgan fingerprint density at radius 2 is 2.29 bits per heavy atom. The predicted molar refractivity (Wildman–Crippen MR) is 73.0 cm³/mol. The Balaban J connectivity index is 1.97. The van der Waals surface area contributed by atoms with E-state index in [1.165, 1.54) is 24.8 Å². The molecule has 1 aromatic carbocycles. The summed E-state index contributed by atoms with van der Waals surface area (Å²) >= 11 is 0. The second-order valence-corrected chi connectivity index (χ2v) is 5.01. The number of hydrogen-bond acceptors (Lipinski definition) is 1. The third kappa shape index (κ3) is 3.11. The second-order valence-electron chi connectivity index (χ2n) is 5.01. The standard InChI is InChI=1S/C16H21N/c1-3-7-13(2)17-12-15-10-6-9-14-8-4-5-11-16(14)15/h1,4-5,8,11,13,15,17H,6-7,9-10,12H2,2H3. The first kappa shape index (κ1) is 12.2. The van der Waals surface area contributed by atoms with Gasteiger partial charge >= 0.3 is 0 Å². The number of hydrogen-bond donors (Lipinski definition) is 1. The molecular weight excluding hydrogens is 206 g/mol. The summed E-state index contributed by atoms with van der Waals surface area (Å²) in [6, 6.07) is 9.28. The highest BCUT2D eigenvalue weighted by atomic mass is 14.9. The van der Waals surface area contributed by atoms with E-state index >= 15 is 0 Å². The molecule has 1 aliphatic carbocycles. The minimum atomic E-state index is 0.425. The van der Waals surface area contributed by atoms with Crippen LogP contribution in [0.1, 0.15) is 43.2 Å². The van der Waals surface area contributed by atoms with Crippen LogP contribution >= 0.6 is 0 Å². The second kappa shape index (κ2) is 5.89. The van der Waals surface area contributed by atoms with Crippen LogP contribution in [0.15, 0.2) is 24.3 Å². The van der Waals surface area contributed by atoms with Gasteiger partial charge in [-0.15, -0.1) is 12.3 Å². The van der Waals surface area contributed by atoms with Crippen molar-refractivity contribution in [3.63, 3.8) is 0 Å². The molecule has 2 atom stereocenters. The summed E-state index contributed by atoms with van der Waals surface area (Å²) in [7, 11) is 0. The molecule has 2 unspecified atom stereocenters. The maximum atomic E-state index is 5.32. The van der Waals surface area contributed by atoms with Gasteiger partial charge in [-0.25, -0.2) is 0 Å². The van der Waals surface area contributed by atoms with E-state index in [1.807, 2.05) is 0 Å². The third-order valence-corrected chi connectivity index (χ3v) is 3.63. The zero-order chi connectivity index (χ0) is 12.1. The van der Waals surface area contributed by atoms with Crippen molar-refractivity contribution in [2.45, 2.75) is 44.6 Å². The molecule has 0 spiro atoms. The monoisotopic (exact) mass is 227 g/mol. The van der Waals surface area contributed by atoms with Crippen molar-refractivity contribution in [1.29, 1.82) is 0 Å². The predicted octanol–water partition coefficient (Wildman–Crippen LogP) is 3.11. The van der Waals surface area contributed by atoms with E-state index in [-0.39, 0.29) is 0 Å². The first-order valence-electron chi connectivity index (χ1n) is 6.56. The van der Waals surface area contributed by atoms with Gasteiger partial charge in [0.25, 0.3) is 0 Å². The first-order chi connectivity index (χ1) is 8.31. The lowest BCUT2D eigenvalue weighted by molar-refractivity contribution is 0.469. The van der Waals surface area contributed by atoms with E-state index in [0.29, 0.717) is 12.0 Å². The molecule has 0 heterocycles. The SMILES string of the molecule is C#CCC(C)NCC1CCCc2ccccc21. The van der Waals surface area contributed by atoms with Crippen LogP contribution in [0.25, 0.3) is 0 Å². The van der Waals surface area contributed by atoms with E-state index in [4.69, 9.17) is 6.42 Å². The number of fused-ring (bicyclic) bond motifs is 1. The Hall–Kier alpha value is -1.26. The summed E-state index contributed by atoms with van der Waals surface area (Å²) in [5.74, 6) is 3.38. The van der Waals surface area contributed by atoms with E-state index < -0.39 is 0 Å². The normalized spacial score (nSPS) is 20.4. The van der Waals surface area contributed by atoms with Crippen molar-refractivity contribution in [1.82, 2.24) is 5.32 Å². The molecule has 2 rings (SSSR count). The maximum absolute atomic E-state index is 5.32. The molecule has 0 saturated heterocycles. The van der Waals surface area contributed by atoms with Gasteiger partial charge in [-0.3, -0.25) is 0 Å². The Kier molecular flexibility index (Phi) is 4.23. The molecule has 1 N–H and O–H groups in total. The van der Waals surface area contributed by atoms with Crippen LogP contribution in [0.5, 0.6) is 0 Å². The van der Waals surface area contributed by atoms with Gasteiger partial charge in [-0.1, -0.05) is 24.3 Å². The minimum Gasteiger partial charge on any atom is -0.313 e. The Morgan fingerprint density at radius 1 is 1.47 bits per heavy atom. The smallest absolute Gasteiger partial charge is 0.0238 e. The van der Waals surface area contributed by atoms with Crippen LogP contribution in [0.2, 0.25) is 0 Å². The highest BCUT2D eigenvalue weighted by molar-refractivity contribution is 5.32. The molecule has 0 radical (unpaired) electrons. The summed E-state index contributed by atoms with van der Waals surface area (Å²) in [5.41, 5.74) is 3.08. The quantitative estimate of drug-likeness (QED) is 0.779. The number of nitrogens with one attached hydrogen (secondary N) is 1. The van der Waals surface area contributed by atoms with Gasteiger partial charge in [0.1, 0.15) is 0 Å². The molecule has 90 valence electrons. The van der Waals surface area contributed by atoms with Gasteiger partial charge < -0.3 is 5.32 Å². The molecule has 0 aromatic heterocycles. The number of benzene rings is 1. The fourth-order valence-electron chi connectivity index (χ4n) is 2.66. The van der Waals surface area contributed by atoms with Gasteiger partial charge in [0.2, 0.25) is 0 Å². The molecule has 1 aliphatic rings. The molecule has 17 heavy (non-hydrogen) atoms. The summed E-state index contributed by atoms with van der Waals surface area (Å²) in [6.07, 6.45) is 9.99. The van der Waals surface area contributed by atoms with E-state index in [0.717, 1.165) is 13.0 Å². The van der Waals surface area contributed by atoms with Crippen LogP contribution in [0.3, 0.4) is 0 Å². The average Bonchev–Trinajstić information content (AvgIpc) is 2.36. The van der Waals surface area contributed by atoms with Gasteiger partial charge in [-0.2, -0.15) is 0 Å². The number of aryl methyl sites for hydroxylation is 1. The van der Waals surface area contributed by atoms with E-state index in [1.54, 1.807) is 5.56 Å². The fraction of sp³-hybridized carbons (Fsp3) is 0.500. The first-order valence-corrected chi connectivity index (χ1v) is 6.56. The van der Waals surface area contributed by atoms with Gasteiger partial charge in [0.15, 0.2) is 0 Å². The van der Waals surface area contributed by atoms with E-state index in [9.17, 15) is 0 Å². The molecule has 0 aliphatic heterocycles. The van der Waals surface area contributed by atoms with Gasteiger partial charge in [-0.05, 0) is 43.2 Å². The highest BCUT2D eigenvalue weighted by Crippen LogP contribution is 2.30. The van der Waals surface area contributed by atoms with Crippen molar-refractivity contribution < 1.29 is 0 Å². The lowest BCUT2D eigenvalue weighted by atomic mass is 9.83. The van der Waals surface area contributed by atoms with E-state index in [2.05, 4.69) is 42.4 Å².